The van der Waals surface area contributed by atoms with E-state index in [1.165, 1.54) is 29.7 Å². The number of pyridine rings is 1. The van der Waals surface area contributed by atoms with Gasteiger partial charge < -0.3 is 10.6 Å². The predicted octanol–water partition coefficient (Wildman–Crippen LogP) is 2.79. The van der Waals surface area contributed by atoms with Crippen molar-refractivity contribution >= 4 is 11.5 Å². The monoisotopic (exact) mass is 253 g/mol. The minimum atomic E-state index is 0.813. The third kappa shape index (κ3) is 2.55. The molecular formula is C16H19N3. The van der Waals surface area contributed by atoms with Crippen LogP contribution in [0.5, 0.6) is 0 Å². The van der Waals surface area contributed by atoms with E-state index in [9.17, 15) is 0 Å². The summed E-state index contributed by atoms with van der Waals surface area (Å²) in [6, 6.07) is 12.4. The fourth-order valence-corrected chi connectivity index (χ4v) is 2.67. The molecule has 0 fully saturated rings. The van der Waals surface area contributed by atoms with Gasteiger partial charge in [0.05, 0.1) is 0 Å². The van der Waals surface area contributed by atoms with Crippen LogP contribution in [0.2, 0.25) is 0 Å². The molecule has 0 aliphatic heterocycles. The van der Waals surface area contributed by atoms with Crippen LogP contribution >= 0.6 is 0 Å². The van der Waals surface area contributed by atoms with Crippen LogP contribution in [-0.4, -0.2) is 12.0 Å². The first-order valence-electron chi connectivity index (χ1n) is 6.77. The molecule has 98 valence electrons. The van der Waals surface area contributed by atoms with Crippen molar-refractivity contribution in [3.63, 3.8) is 0 Å². The van der Waals surface area contributed by atoms with Crippen LogP contribution in [0.4, 0.5) is 11.5 Å². The van der Waals surface area contributed by atoms with Gasteiger partial charge in [0, 0.05) is 25.0 Å². The Morgan fingerprint density at radius 1 is 1.21 bits per heavy atom. The molecule has 1 heterocycles. The number of nitrogens with two attached hydrogens (primary N) is 1. The number of anilines is 2. The van der Waals surface area contributed by atoms with E-state index in [0.717, 1.165) is 24.5 Å². The molecule has 3 nitrogen and oxygen atoms in total. The number of hydrogen-bond donors (Lipinski definition) is 1. The number of hydrogen-bond acceptors (Lipinski definition) is 3. The van der Waals surface area contributed by atoms with Gasteiger partial charge in [-0.05, 0) is 48.6 Å². The van der Waals surface area contributed by atoms with Crippen LogP contribution in [0.15, 0.2) is 36.4 Å². The van der Waals surface area contributed by atoms with E-state index in [1.807, 2.05) is 18.2 Å². The normalized spacial score (nSPS) is 13.3. The third-order valence-electron chi connectivity index (χ3n) is 3.68. The molecule has 1 aliphatic rings. The second-order valence-corrected chi connectivity index (χ2v) is 5.23. The highest BCUT2D eigenvalue weighted by Gasteiger charge is 2.13. The smallest absolute Gasteiger partial charge is 0.128 e. The Balaban J connectivity index is 1.78. The molecule has 0 radical (unpaired) electrons. The van der Waals surface area contributed by atoms with Gasteiger partial charge in [0.15, 0.2) is 0 Å². The predicted molar refractivity (Wildman–Crippen MR) is 79.2 cm³/mol. The molecule has 1 aliphatic carbocycles. The number of nitrogen functional groups attached to an aromatic ring is 1. The molecule has 1 aromatic carbocycles. The van der Waals surface area contributed by atoms with Crippen molar-refractivity contribution < 1.29 is 0 Å². The SMILES string of the molecule is CN(Cc1cccc(N)c1)c1ccc2c(n1)CCC2. The van der Waals surface area contributed by atoms with E-state index in [1.54, 1.807) is 0 Å². The van der Waals surface area contributed by atoms with E-state index in [2.05, 4.69) is 30.1 Å². The largest absolute Gasteiger partial charge is 0.399 e. The molecule has 3 heteroatoms. The van der Waals surface area contributed by atoms with Gasteiger partial charge in [-0.25, -0.2) is 4.98 Å². The zero-order valence-corrected chi connectivity index (χ0v) is 11.3. The first-order valence-corrected chi connectivity index (χ1v) is 6.77. The summed E-state index contributed by atoms with van der Waals surface area (Å²) in [5, 5.41) is 0. The lowest BCUT2D eigenvalue weighted by Crippen LogP contribution is -2.18. The first-order chi connectivity index (χ1) is 9.22. The Labute approximate surface area is 114 Å². The van der Waals surface area contributed by atoms with Gasteiger partial charge >= 0.3 is 0 Å². The van der Waals surface area contributed by atoms with Gasteiger partial charge in [0.25, 0.3) is 0 Å². The fraction of sp³-hybridized carbons (Fsp3) is 0.312. The topological polar surface area (TPSA) is 42.1 Å². The number of fused-ring (bicyclic) bond motifs is 1. The highest BCUT2D eigenvalue weighted by atomic mass is 15.2. The highest BCUT2D eigenvalue weighted by molar-refractivity contribution is 5.45. The maximum Gasteiger partial charge on any atom is 0.128 e. The third-order valence-corrected chi connectivity index (χ3v) is 3.68. The van der Waals surface area contributed by atoms with Gasteiger partial charge in [0.1, 0.15) is 5.82 Å². The lowest BCUT2D eigenvalue weighted by atomic mass is 10.2. The molecule has 19 heavy (non-hydrogen) atoms. The van der Waals surface area contributed by atoms with Crippen molar-refractivity contribution in [3.8, 4) is 0 Å². The van der Waals surface area contributed by atoms with Crippen LogP contribution in [-0.2, 0) is 19.4 Å². The highest BCUT2D eigenvalue weighted by Crippen LogP contribution is 2.23. The van der Waals surface area contributed by atoms with Crippen LogP contribution in [0.25, 0.3) is 0 Å². The summed E-state index contributed by atoms with van der Waals surface area (Å²) in [6.07, 6.45) is 3.54. The number of aryl methyl sites for hydroxylation is 2. The Kier molecular flexibility index (Phi) is 3.11. The number of aromatic nitrogens is 1. The molecule has 0 atom stereocenters. The molecule has 1 aromatic heterocycles. The van der Waals surface area contributed by atoms with Gasteiger partial charge in [-0.3, -0.25) is 0 Å². The summed E-state index contributed by atoms with van der Waals surface area (Å²) in [6.45, 7) is 0.830. The van der Waals surface area contributed by atoms with Gasteiger partial charge in [-0.15, -0.1) is 0 Å². The van der Waals surface area contributed by atoms with E-state index in [0.29, 0.717) is 0 Å². The number of rotatable bonds is 3. The van der Waals surface area contributed by atoms with E-state index in [4.69, 9.17) is 10.7 Å². The van der Waals surface area contributed by atoms with Crippen molar-refractivity contribution in [2.75, 3.05) is 17.7 Å². The summed E-state index contributed by atoms with van der Waals surface area (Å²) >= 11 is 0. The fourth-order valence-electron chi connectivity index (χ4n) is 2.67. The Morgan fingerprint density at radius 2 is 2.11 bits per heavy atom. The summed E-state index contributed by atoms with van der Waals surface area (Å²) < 4.78 is 0. The standard InChI is InChI=1S/C16H19N3/c1-19(11-12-4-2-6-14(17)10-12)16-9-8-13-5-3-7-15(13)18-16/h2,4,6,8-10H,3,5,7,11,17H2,1H3. The van der Waals surface area contributed by atoms with E-state index in [-0.39, 0.29) is 0 Å². The average molecular weight is 253 g/mol. The van der Waals surface area contributed by atoms with Crippen molar-refractivity contribution in [2.24, 2.45) is 0 Å². The maximum atomic E-state index is 5.81. The zero-order chi connectivity index (χ0) is 13.2. The maximum absolute atomic E-state index is 5.81. The van der Waals surface area contributed by atoms with Crippen LogP contribution < -0.4 is 10.6 Å². The molecular weight excluding hydrogens is 234 g/mol. The molecule has 0 spiro atoms. The van der Waals surface area contributed by atoms with Gasteiger partial charge in [-0.2, -0.15) is 0 Å². The summed E-state index contributed by atoms with van der Waals surface area (Å²) in [5.41, 5.74) is 10.5. The van der Waals surface area contributed by atoms with Gasteiger partial charge in [-0.1, -0.05) is 18.2 Å². The molecule has 0 saturated carbocycles. The van der Waals surface area contributed by atoms with Crippen molar-refractivity contribution in [1.29, 1.82) is 0 Å². The minimum Gasteiger partial charge on any atom is -0.399 e. The van der Waals surface area contributed by atoms with E-state index < -0.39 is 0 Å². The molecule has 0 unspecified atom stereocenters. The van der Waals surface area contributed by atoms with Crippen molar-refractivity contribution in [1.82, 2.24) is 4.98 Å². The van der Waals surface area contributed by atoms with Crippen molar-refractivity contribution in [2.45, 2.75) is 25.8 Å². The van der Waals surface area contributed by atoms with E-state index >= 15 is 0 Å². The lowest BCUT2D eigenvalue weighted by molar-refractivity contribution is 0.874. The molecule has 0 amide bonds. The zero-order valence-electron chi connectivity index (χ0n) is 11.3. The first kappa shape index (κ1) is 12.0. The molecule has 2 aromatic rings. The average Bonchev–Trinajstić information content (AvgIpc) is 2.85. The lowest BCUT2D eigenvalue weighted by Gasteiger charge is -2.19. The second kappa shape index (κ2) is 4.92. The Hall–Kier alpha value is -2.03. The summed E-state index contributed by atoms with van der Waals surface area (Å²) in [7, 11) is 2.08. The molecule has 0 bridgehead atoms. The van der Waals surface area contributed by atoms with Crippen LogP contribution in [0.3, 0.4) is 0 Å². The van der Waals surface area contributed by atoms with Crippen LogP contribution in [0, 0.1) is 0 Å². The molecule has 3 rings (SSSR count). The quantitative estimate of drug-likeness (QED) is 0.855. The minimum absolute atomic E-state index is 0.813. The van der Waals surface area contributed by atoms with Gasteiger partial charge in [0.2, 0.25) is 0 Å². The Bertz CT molecular complexity index is 592. The summed E-state index contributed by atoms with van der Waals surface area (Å²) in [5.74, 6) is 1.04. The second-order valence-electron chi connectivity index (χ2n) is 5.23. The number of benzene rings is 1. The number of nitrogens with zero attached hydrogens (tertiary/aromatic N) is 2. The van der Waals surface area contributed by atoms with Crippen molar-refractivity contribution in [3.05, 3.63) is 53.2 Å². The molecule has 0 saturated heterocycles. The summed E-state index contributed by atoms with van der Waals surface area (Å²) in [4.78, 5) is 6.94. The molecule has 2 N–H and O–H groups in total. The van der Waals surface area contributed by atoms with Crippen LogP contribution in [0.1, 0.15) is 23.2 Å². The Morgan fingerprint density at radius 3 is 2.95 bits per heavy atom.